The molecular formula is C36H36O11. The van der Waals surface area contributed by atoms with Crippen LogP contribution in [0, 0.1) is 23.7 Å². The summed E-state index contributed by atoms with van der Waals surface area (Å²) < 4.78 is 11.2. The molecule has 2 heterocycles. The van der Waals surface area contributed by atoms with Gasteiger partial charge in [0.25, 0.3) is 0 Å². The van der Waals surface area contributed by atoms with Crippen LogP contribution in [0.4, 0.5) is 0 Å². The first-order chi connectivity index (χ1) is 22.6. The Hall–Kier alpha value is -3.66. The lowest BCUT2D eigenvalue weighted by molar-refractivity contribution is -0.214. The molecule has 6 rings (SSSR count). The number of benzene rings is 3. The molecule has 47 heavy (non-hydrogen) atoms. The Morgan fingerprint density at radius 1 is 0.596 bits per heavy atom. The molecule has 246 valence electrons. The van der Waals surface area contributed by atoms with Gasteiger partial charge in [0.15, 0.2) is 0 Å². The van der Waals surface area contributed by atoms with Gasteiger partial charge < -0.3 is 55.4 Å². The summed E-state index contributed by atoms with van der Waals surface area (Å²) >= 11 is 0. The Kier molecular flexibility index (Phi) is 9.52. The molecule has 9 N–H and O–H groups in total. The fraction of sp³-hybridized carbons (Fsp3) is 0.389. The average molecular weight is 645 g/mol. The Morgan fingerprint density at radius 3 is 1.57 bits per heavy atom. The highest BCUT2D eigenvalue weighted by Crippen LogP contribution is 2.51. The maximum atomic E-state index is 12.5. The molecule has 3 aromatic carbocycles. The Balaban J connectivity index is 1.35. The zero-order valence-electron chi connectivity index (χ0n) is 25.1. The number of ether oxygens (including phenoxy) is 2. The predicted octanol–water partition coefficient (Wildman–Crippen LogP) is -1.27. The maximum Gasteiger partial charge on any atom is 0.147 e. The Bertz CT molecular complexity index is 1720. The molecule has 0 aromatic heterocycles. The van der Waals surface area contributed by atoms with Gasteiger partial charge in [-0.2, -0.15) is 0 Å². The van der Waals surface area contributed by atoms with Gasteiger partial charge in [-0.1, -0.05) is 66.1 Å². The summed E-state index contributed by atoms with van der Waals surface area (Å²) in [5, 5.41) is 92.9. The minimum absolute atomic E-state index is 0.0548. The fourth-order valence-corrected chi connectivity index (χ4v) is 6.41. The lowest BCUT2D eigenvalue weighted by Gasteiger charge is -2.38. The van der Waals surface area contributed by atoms with Crippen molar-refractivity contribution in [3.63, 3.8) is 0 Å². The average Bonchev–Trinajstić information content (AvgIpc) is 3.34. The van der Waals surface area contributed by atoms with Gasteiger partial charge in [0.2, 0.25) is 0 Å². The van der Waals surface area contributed by atoms with Crippen LogP contribution in [0.3, 0.4) is 0 Å². The monoisotopic (exact) mass is 644 g/mol. The van der Waals surface area contributed by atoms with Crippen LogP contribution in [0.2, 0.25) is 0 Å². The molecule has 3 aromatic rings. The first-order valence-electron chi connectivity index (χ1n) is 15.3. The van der Waals surface area contributed by atoms with Gasteiger partial charge in [0.05, 0.1) is 12.7 Å². The molecule has 3 aliphatic rings. The zero-order chi connectivity index (χ0) is 33.5. The van der Waals surface area contributed by atoms with Crippen LogP contribution in [0.5, 0.6) is 0 Å². The van der Waals surface area contributed by atoms with Gasteiger partial charge in [0, 0.05) is 28.9 Å². The summed E-state index contributed by atoms with van der Waals surface area (Å²) in [5.74, 6) is 11.5. The summed E-state index contributed by atoms with van der Waals surface area (Å²) in [7, 11) is 0. The molecule has 0 amide bonds. The van der Waals surface area contributed by atoms with Crippen LogP contribution in [0.25, 0.3) is 11.1 Å². The van der Waals surface area contributed by atoms with Crippen molar-refractivity contribution < 1.29 is 55.4 Å². The highest BCUT2D eigenvalue weighted by molar-refractivity contribution is 5.83. The predicted molar refractivity (Wildman–Crippen MR) is 166 cm³/mol. The normalized spacial score (nSPS) is 34.3. The van der Waals surface area contributed by atoms with Gasteiger partial charge in [-0.25, -0.2) is 0 Å². The second kappa shape index (κ2) is 13.5. The summed E-state index contributed by atoms with van der Waals surface area (Å²) in [4.78, 5) is 0. The fourth-order valence-electron chi connectivity index (χ4n) is 6.41. The molecule has 11 atom stereocenters. The SMILES string of the molecule is OCC[C@H]1O[C@H](C#Cc2ccc3c(c2)C(O)(c2ccccc2)c2cc(C#C[C@H]4O[C@H](CO)[C@@H](O)[C@H](O)[C@@H]4O)ccc2-3)[C@@H](O)[C@@H](O)[C@@H]1O. The number of fused-ring (bicyclic) bond motifs is 3. The van der Waals surface area contributed by atoms with Crippen molar-refractivity contribution in [1.29, 1.82) is 0 Å². The molecule has 11 heteroatoms. The van der Waals surface area contributed by atoms with E-state index in [2.05, 4.69) is 23.7 Å². The summed E-state index contributed by atoms with van der Waals surface area (Å²) in [6, 6.07) is 19.6. The van der Waals surface area contributed by atoms with Crippen LogP contribution in [0.15, 0.2) is 66.7 Å². The first kappa shape index (κ1) is 33.2. The molecule has 11 nitrogen and oxygen atoms in total. The van der Waals surface area contributed by atoms with Gasteiger partial charge in [0.1, 0.15) is 60.5 Å². The summed E-state index contributed by atoms with van der Waals surface area (Å²) in [5.41, 5.74) is 2.51. The highest BCUT2D eigenvalue weighted by atomic mass is 16.5. The van der Waals surface area contributed by atoms with Crippen LogP contribution in [0.1, 0.15) is 34.2 Å². The van der Waals surface area contributed by atoms with E-state index in [0.717, 1.165) is 11.1 Å². The molecule has 0 bridgehead atoms. The van der Waals surface area contributed by atoms with E-state index in [-0.39, 0.29) is 13.0 Å². The quantitative estimate of drug-likeness (QED) is 0.153. The number of hydrogen-bond donors (Lipinski definition) is 9. The molecule has 1 aliphatic carbocycles. The highest BCUT2D eigenvalue weighted by Gasteiger charge is 2.45. The van der Waals surface area contributed by atoms with Crippen molar-refractivity contribution in [3.05, 3.63) is 94.5 Å². The zero-order valence-corrected chi connectivity index (χ0v) is 25.1. The molecule has 1 unspecified atom stereocenters. The summed E-state index contributed by atoms with van der Waals surface area (Å²) in [6.45, 7) is -0.852. The van der Waals surface area contributed by atoms with Crippen molar-refractivity contribution in [1.82, 2.24) is 0 Å². The van der Waals surface area contributed by atoms with E-state index >= 15 is 0 Å². The van der Waals surface area contributed by atoms with Crippen molar-refractivity contribution in [3.8, 4) is 34.8 Å². The Labute approximate surface area is 270 Å². The Morgan fingerprint density at radius 2 is 1.09 bits per heavy atom. The number of aliphatic hydroxyl groups is 9. The smallest absolute Gasteiger partial charge is 0.147 e. The first-order valence-corrected chi connectivity index (χ1v) is 15.3. The second-order valence-corrected chi connectivity index (χ2v) is 12.0. The van der Waals surface area contributed by atoms with E-state index in [1.807, 2.05) is 30.3 Å². The number of rotatable bonds is 4. The van der Waals surface area contributed by atoms with Crippen molar-refractivity contribution in [2.24, 2.45) is 0 Å². The minimum atomic E-state index is -1.63. The molecular weight excluding hydrogens is 608 g/mol. The third-order valence-corrected chi connectivity index (χ3v) is 9.04. The number of aliphatic hydroxyl groups excluding tert-OH is 8. The van der Waals surface area contributed by atoms with E-state index in [1.54, 1.807) is 36.4 Å². The van der Waals surface area contributed by atoms with E-state index in [4.69, 9.17) is 9.47 Å². The van der Waals surface area contributed by atoms with Crippen molar-refractivity contribution in [2.45, 2.75) is 73.1 Å². The van der Waals surface area contributed by atoms with Crippen LogP contribution in [-0.2, 0) is 15.1 Å². The van der Waals surface area contributed by atoms with Gasteiger partial charge in [-0.05, 0) is 47.4 Å². The lowest BCUT2D eigenvalue weighted by atomic mass is 9.83. The van der Waals surface area contributed by atoms with Gasteiger partial charge in [-0.3, -0.25) is 0 Å². The third kappa shape index (κ3) is 5.98. The summed E-state index contributed by atoms with van der Waals surface area (Å²) in [6.07, 6.45) is -13.2. The van der Waals surface area contributed by atoms with E-state index in [9.17, 15) is 46.0 Å². The molecule has 0 radical (unpaired) electrons. The third-order valence-electron chi connectivity index (χ3n) is 9.04. The van der Waals surface area contributed by atoms with Crippen molar-refractivity contribution in [2.75, 3.05) is 13.2 Å². The van der Waals surface area contributed by atoms with Crippen LogP contribution >= 0.6 is 0 Å². The largest absolute Gasteiger partial charge is 0.396 e. The van der Waals surface area contributed by atoms with Gasteiger partial charge in [-0.15, -0.1) is 0 Å². The van der Waals surface area contributed by atoms with Crippen LogP contribution < -0.4 is 0 Å². The van der Waals surface area contributed by atoms with E-state index in [1.165, 1.54) is 0 Å². The number of hydrogen-bond acceptors (Lipinski definition) is 11. The van der Waals surface area contributed by atoms with Crippen molar-refractivity contribution >= 4 is 0 Å². The van der Waals surface area contributed by atoms with E-state index in [0.29, 0.717) is 27.8 Å². The second-order valence-electron chi connectivity index (χ2n) is 12.0. The molecule has 0 spiro atoms. The lowest BCUT2D eigenvalue weighted by Crippen LogP contribution is -2.58. The van der Waals surface area contributed by atoms with E-state index < -0.39 is 73.2 Å². The topological polar surface area (TPSA) is 201 Å². The van der Waals surface area contributed by atoms with Gasteiger partial charge >= 0.3 is 0 Å². The van der Waals surface area contributed by atoms with Crippen LogP contribution in [-0.4, -0.2) is 120 Å². The molecule has 2 aliphatic heterocycles. The molecule has 2 saturated heterocycles. The molecule has 2 fully saturated rings. The molecule has 0 saturated carbocycles. The maximum absolute atomic E-state index is 12.5. The standard InChI is InChI=1S/C36H36O11/c37-15-14-28-32(41)34(43)30(39)26(46-28)12-8-19-6-10-22-23-11-7-20(9-13-27-31(40)35(44)33(42)29(18-38)47-27)17-25(23)36(45,24(22)16-19)21-4-2-1-3-5-21/h1-7,10-11,16-17,26-35,37-45H,14-15,18H2/t26-,27-,28-,29-,30-,31-,32-,33-,34-,35-,36?/m1/s1. The minimum Gasteiger partial charge on any atom is -0.396 e.